The Balaban J connectivity index is 1.58. The van der Waals surface area contributed by atoms with E-state index in [1.165, 1.54) is 24.3 Å². The summed E-state index contributed by atoms with van der Waals surface area (Å²) in [6.07, 6.45) is 0.232. The van der Waals surface area contributed by atoms with E-state index in [0.717, 1.165) is 10.4 Å². The van der Waals surface area contributed by atoms with Gasteiger partial charge in [-0.15, -0.1) is 11.3 Å². The standard InChI is InChI=1S/C19H17ClN2O3S2/c20-15-5-9-18(10-6-15)27(24,25)22-16-7-3-14(4-8-16)12-19(23)21-13-17-2-1-11-26-17/h1-11,22H,12-13H2,(H,21,23). The van der Waals surface area contributed by atoms with E-state index in [-0.39, 0.29) is 17.2 Å². The van der Waals surface area contributed by atoms with Gasteiger partial charge < -0.3 is 5.32 Å². The van der Waals surface area contributed by atoms with Gasteiger partial charge >= 0.3 is 0 Å². The van der Waals surface area contributed by atoms with E-state index in [0.29, 0.717) is 17.3 Å². The summed E-state index contributed by atoms with van der Waals surface area (Å²) < 4.78 is 27.2. The average Bonchev–Trinajstić information content (AvgIpc) is 3.15. The summed E-state index contributed by atoms with van der Waals surface area (Å²) in [5, 5.41) is 5.29. The van der Waals surface area contributed by atoms with Crippen LogP contribution in [-0.4, -0.2) is 14.3 Å². The van der Waals surface area contributed by atoms with E-state index in [2.05, 4.69) is 10.0 Å². The molecule has 8 heteroatoms. The van der Waals surface area contributed by atoms with Crippen LogP contribution >= 0.6 is 22.9 Å². The van der Waals surface area contributed by atoms with E-state index in [1.54, 1.807) is 35.6 Å². The van der Waals surface area contributed by atoms with Crippen molar-refractivity contribution < 1.29 is 13.2 Å². The fourth-order valence-electron chi connectivity index (χ4n) is 2.37. The summed E-state index contributed by atoms with van der Waals surface area (Å²) in [5.74, 6) is -0.0853. The average molecular weight is 421 g/mol. The van der Waals surface area contributed by atoms with Crippen molar-refractivity contribution in [1.29, 1.82) is 0 Å². The van der Waals surface area contributed by atoms with Gasteiger partial charge in [-0.2, -0.15) is 0 Å². The predicted molar refractivity (Wildman–Crippen MR) is 109 cm³/mol. The number of sulfonamides is 1. The fraction of sp³-hybridized carbons (Fsp3) is 0.105. The van der Waals surface area contributed by atoms with Crippen molar-refractivity contribution in [3.8, 4) is 0 Å². The number of benzene rings is 2. The fourth-order valence-corrected chi connectivity index (χ4v) is 4.19. The van der Waals surface area contributed by atoms with Crippen LogP contribution in [0.15, 0.2) is 70.9 Å². The van der Waals surface area contributed by atoms with Crippen molar-refractivity contribution in [2.75, 3.05) is 4.72 Å². The van der Waals surface area contributed by atoms with Crippen molar-refractivity contribution in [1.82, 2.24) is 5.32 Å². The quantitative estimate of drug-likeness (QED) is 0.605. The molecule has 0 saturated carbocycles. The van der Waals surface area contributed by atoms with E-state index in [9.17, 15) is 13.2 Å². The molecule has 0 saturated heterocycles. The molecule has 0 fully saturated rings. The van der Waals surface area contributed by atoms with Crippen LogP contribution < -0.4 is 10.0 Å². The molecule has 2 N–H and O–H groups in total. The highest BCUT2D eigenvalue weighted by Crippen LogP contribution is 2.19. The van der Waals surface area contributed by atoms with Crippen LogP contribution in [0.1, 0.15) is 10.4 Å². The zero-order chi connectivity index (χ0) is 19.3. The summed E-state index contributed by atoms with van der Waals surface area (Å²) in [4.78, 5) is 13.2. The van der Waals surface area contributed by atoms with Crippen molar-refractivity contribution in [3.05, 3.63) is 81.5 Å². The Kier molecular flexibility index (Phi) is 6.15. The SMILES string of the molecule is O=C(Cc1ccc(NS(=O)(=O)c2ccc(Cl)cc2)cc1)NCc1cccs1. The molecule has 0 aliphatic rings. The number of hydrogen-bond acceptors (Lipinski definition) is 4. The number of halogens is 1. The van der Waals surface area contributed by atoms with Gasteiger partial charge in [-0.25, -0.2) is 8.42 Å². The largest absolute Gasteiger partial charge is 0.351 e. The second-order valence-electron chi connectivity index (χ2n) is 5.79. The third-order valence-corrected chi connectivity index (χ3v) is 6.26. The van der Waals surface area contributed by atoms with Crippen LogP contribution in [0.3, 0.4) is 0 Å². The number of nitrogens with one attached hydrogen (secondary N) is 2. The number of hydrogen-bond donors (Lipinski definition) is 2. The van der Waals surface area contributed by atoms with Crippen molar-refractivity contribution >= 4 is 44.6 Å². The van der Waals surface area contributed by atoms with Crippen LogP contribution in [-0.2, 0) is 27.8 Å². The molecule has 3 rings (SSSR count). The third kappa shape index (κ3) is 5.56. The Bertz CT molecular complexity index is 1000. The minimum absolute atomic E-state index is 0.0853. The number of anilines is 1. The molecule has 3 aromatic rings. The topological polar surface area (TPSA) is 75.3 Å². The second-order valence-corrected chi connectivity index (χ2v) is 8.94. The molecule has 0 bridgehead atoms. The summed E-state index contributed by atoms with van der Waals surface area (Å²) in [7, 11) is -3.69. The van der Waals surface area contributed by atoms with Gasteiger partial charge in [0.1, 0.15) is 0 Å². The Morgan fingerprint density at radius 1 is 1.00 bits per heavy atom. The first-order chi connectivity index (χ1) is 12.9. The molecule has 0 spiro atoms. The van der Waals surface area contributed by atoms with Gasteiger partial charge in [0.15, 0.2) is 0 Å². The molecule has 1 heterocycles. The van der Waals surface area contributed by atoms with Gasteiger partial charge in [0.05, 0.1) is 17.9 Å². The first-order valence-corrected chi connectivity index (χ1v) is 10.8. The van der Waals surface area contributed by atoms with E-state index in [4.69, 9.17) is 11.6 Å². The van der Waals surface area contributed by atoms with Crippen LogP contribution in [0.5, 0.6) is 0 Å². The molecule has 2 aromatic carbocycles. The van der Waals surface area contributed by atoms with Crippen LogP contribution in [0, 0.1) is 0 Å². The zero-order valence-corrected chi connectivity index (χ0v) is 16.6. The van der Waals surface area contributed by atoms with Crippen LogP contribution in [0.2, 0.25) is 5.02 Å². The lowest BCUT2D eigenvalue weighted by Gasteiger charge is -2.09. The minimum atomic E-state index is -3.69. The molecular formula is C19H17ClN2O3S2. The van der Waals surface area contributed by atoms with Crippen molar-refractivity contribution in [2.24, 2.45) is 0 Å². The smallest absolute Gasteiger partial charge is 0.261 e. The van der Waals surface area contributed by atoms with Gasteiger partial charge in [-0.1, -0.05) is 29.8 Å². The molecule has 0 aliphatic carbocycles. The van der Waals surface area contributed by atoms with Gasteiger partial charge in [0.25, 0.3) is 10.0 Å². The number of rotatable bonds is 7. The lowest BCUT2D eigenvalue weighted by molar-refractivity contribution is -0.120. The predicted octanol–water partition coefficient (Wildman–Crippen LogP) is 4.06. The zero-order valence-electron chi connectivity index (χ0n) is 14.2. The maximum absolute atomic E-state index is 12.4. The maximum Gasteiger partial charge on any atom is 0.261 e. The van der Waals surface area contributed by atoms with E-state index >= 15 is 0 Å². The van der Waals surface area contributed by atoms with Crippen molar-refractivity contribution in [3.63, 3.8) is 0 Å². The Hall–Kier alpha value is -2.35. The maximum atomic E-state index is 12.4. The van der Waals surface area contributed by atoms with Gasteiger partial charge in [0.2, 0.25) is 5.91 Å². The number of thiophene rings is 1. The molecule has 0 aliphatic heterocycles. The lowest BCUT2D eigenvalue weighted by Crippen LogP contribution is -2.24. The first kappa shape index (κ1) is 19.4. The Labute approximate surface area is 167 Å². The summed E-state index contributed by atoms with van der Waals surface area (Å²) >= 11 is 7.38. The summed E-state index contributed by atoms with van der Waals surface area (Å²) in [6.45, 7) is 0.509. The molecule has 5 nitrogen and oxygen atoms in total. The van der Waals surface area contributed by atoms with Crippen LogP contribution in [0.4, 0.5) is 5.69 Å². The highest BCUT2D eigenvalue weighted by atomic mass is 35.5. The molecule has 0 atom stereocenters. The second kappa shape index (κ2) is 8.56. The highest BCUT2D eigenvalue weighted by Gasteiger charge is 2.14. The normalized spacial score (nSPS) is 11.1. The van der Waals surface area contributed by atoms with Gasteiger partial charge in [0, 0.05) is 15.6 Å². The van der Waals surface area contributed by atoms with E-state index in [1.807, 2.05) is 17.5 Å². The molecule has 1 aromatic heterocycles. The Morgan fingerprint density at radius 2 is 1.70 bits per heavy atom. The highest BCUT2D eigenvalue weighted by molar-refractivity contribution is 7.92. The summed E-state index contributed by atoms with van der Waals surface area (Å²) in [5.41, 5.74) is 1.22. The first-order valence-electron chi connectivity index (χ1n) is 8.09. The Morgan fingerprint density at radius 3 is 2.33 bits per heavy atom. The molecule has 27 heavy (non-hydrogen) atoms. The van der Waals surface area contributed by atoms with Gasteiger partial charge in [-0.05, 0) is 53.4 Å². The molecular weight excluding hydrogens is 404 g/mol. The lowest BCUT2D eigenvalue weighted by atomic mass is 10.1. The third-order valence-electron chi connectivity index (χ3n) is 3.73. The van der Waals surface area contributed by atoms with Crippen LogP contribution in [0.25, 0.3) is 0 Å². The van der Waals surface area contributed by atoms with Gasteiger partial charge in [-0.3, -0.25) is 9.52 Å². The minimum Gasteiger partial charge on any atom is -0.351 e. The number of carbonyl (C=O) groups is 1. The van der Waals surface area contributed by atoms with E-state index < -0.39 is 10.0 Å². The number of carbonyl (C=O) groups excluding carboxylic acids is 1. The monoisotopic (exact) mass is 420 g/mol. The molecule has 140 valence electrons. The molecule has 0 unspecified atom stereocenters. The molecule has 0 radical (unpaired) electrons. The number of amides is 1. The molecule has 1 amide bonds. The summed E-state index contributed by atoms with van der Waals surface area (Å²) in [6, 6.07) is 16.6. The van der Waals surface area contributed by atoms with Crippen molar-refractivity contribution in [2.45, 2.75) is 17.9 Å².